The second-order valence-electron chi connectivity index (χ2n) is 32.0. The molecule has 3 aliphatic carbocycles. The second kappa shape index (κ2) is 32.3. The van der Waals surface area contributed by atoms with Crippen molar-refractivity contribution in [2.75, 3.05) is 59.5 Å². The van der Waals surface area contributed by atoms with Crippen molar-refractivity contribution in [2.24, 2.45) is 52.3 Å². The lowest BCUT2D eigenvalue weighted by Gasteiger charge is -2.54. The summed E-state index contributed by atoms with van der Waals surface area (Å²) in [5.41, 5.74) is -6.82. The Kier molecular flexibility index (Phi) is 27.6. The molecule has 0 aromatic carbocycles. The Bertz CT molecular complexity index is 2450. The fourth-order valence-corrected chi connectivity index (χ4v) is 16.9. The number of aliphatic hydroxyl groups excluding tert-OH is 18. The van der Waals surface area contributed by atoms with E-state index in [1.807, 2.05) is 0 Å². The molecule has 4 heterocycles. The molecule has 2 saturated carbocycles. The van der Waals surface area contributed by atoms with E-state index in [9.17, 15) is 97.0 Å². The predicted octanol–water partition coefficient (Wildman–Crippen LogP) is -2.56. The van der Waals surface area contributed by atoms with Crippen LogP contribution < -0.4 is 0 Å². The highest BCUT2D eigenvalue weighted by molar-refractivity contribution is 5.26. The highest BCUT2D eigenvalue weighted by atomic mass is 16.7. The van der Waals surface area contributed by atoms with Gasteiger partial charge < -0.3 is 140 Å². The van der Waals surface area contributed by atoms with Crippen molar-refractivity contribution < 1.29 is 140 Å². The van der Waals surface area contributed by atoms with Crippen LogP contribution in [0.1, 0.15) is 141 Å². The van der Waals surface area contributed by atoms with Gasteiger partial charge in [-0.15, -0.1) is 0 Å². The van der Waals surface area contributed by atoms with E-state index >= 15 is 0 Å². The molecule has 6 fully saturated rings. The molecule has 0 bridgehead atoms. The fraction of sp³-hybridized carbons (Fsp3) is 0.971. The Morgan fingerprint density at radius 2 is 1.08 bits per heavy atom. The first-order chi connectivity index (χ1) is 44.5. The zero-order valence-corrected chi connectivity index (χ0v) is 58.5. The van der Waals surface area contributed by atoms with Crippen LogP contribution in [0, 0.1) is 52.3 Å². The van der Waals surface area contributed by atoms with Gasteiger partial charge in [0.1, 0.15) is 121 Å². The maximum Gasteiger partial charge on any atom is 0.195 e. The molecule has 96 heavy (non-hydrogen) atoms. The number of fused-ring (bicyclic) bond motifs is 1. The molecule has 0 amide bonds. The van der Waals surface area contributed by atoms with Crippen molar-refractivity contribution in [1.82, 2.24) is 0 Å². The van der Waals surface area contributed by atoms with Gasteiger partial charge in [-0.2, -0.15) is 0 Å². The number of rotatable bonds is 29. The standard InChI is InChI=1S/C68H122O28/c1-14-35(21-39(72)46-33(3)15-18-38-37(46)17-20-44(62(38,5)6)90-28-64(9)22-36(47(73)52(78)57(64)83)26-88-29-65(10)58(84)53(79)48(74)40(23-69)92-65)34(4)32(2)16-19-45(63(7,8)87)91-31-67(12)61(96-68(13)60(86)55(81)50(76)42(25-71)95-68)56(82)51(77)43(94-67)27-89-30-66(11)59(85)54(80)49(75)41(24-70)93-66/h18,32-37,39-61,69-87H,14-17,19-31H2,1-13H3/t32-,33?,34?,35?,36?,37?,39?,40?,41?,42?,43?,44?,45?,46?,47-,48-,49+,50+,51+,52?,53?,54+,55+,56+,57+,58+,59?,60?,61?,64?,65?,66-,67-,68-/m1/s1. The molecule has 4 saturated heterocycles. The van der Waals surface area contributed by atoms with E-state index in [2.05, 4.69) is 47.6 Å². The third-order valence-corrected chi connectivity index (χ3v) is 23.7. The highest BCUT2D eigenvalue weighted by Gasteiger charge is 2.61. The minimum atomic E-state index is -2.24. The molecule has 7 aliphatic rings. The molecule has 19 N–H and O–H groups in total. The van der Waals surface area contributed by atoms with E-state index in [0.717, 1.165) is 19.3 Å². The fourth-order valence-electron chi connectivity index (χ4n) is 16.9. The van der Waals surface area contributed by atoms with Crippen LogP contribution in [0.3, 0.4) is 0 Å². The summed E-state index contributed by atoms with van der Waals surface area (Å²) in [6, 6.07) is 0. The van der Waals surface area contributed by atoms with Crippen molar-refractivity contribution in [3.8, 4) is 0 Å². The number of hydrogen-bond acceptors (Lipinski definition) is 28. The molecule has 0 aromatic heterocycles. The minimum absolute atomic E-state index is 0.0332. The quantitative estimate of drug-likeness (QED) is 0.0343. The van der Waals surface area contributed by atoms with E-state index in [-0.39, 0.29) is 67.9 Å². The Hall–Kier alpha value is -1.38. The van der Waals surface area contributed by atoms with Crippen molar-refractivity contribution in [1.29, 1.82) is 0 Å². The van der Waals surface area contributed by atoms with Crippen LogP contribution in [-0.4, -0.2) is 319 Å². The normalized spacial score (nSPS) is 47.1. The molecule has 0 spiro atoms. The molecule has 4 aliphatic heterocycles. The van der Waals surface area contributed by atoms with Gasteiger partial charge in [0.15, 0.2) is 5.79 Å². The SMILES string of the molecule is CCC(CC(O)C1C(C)CC=C2C1CCC(OCC1(C)CC(COCC3(C)OC(CO)[C@@H](O)C(O)[C@@H]3O)[C@@H](O)C(O)[C@@H]1O)C2(C)C)C(C)[C@H](C)CCC(OC[C@@]1(C)OC(COC[C@@]2(C)OC(CO)[C@H](O)[C@H](O)C2O)[C@H](O)[C@H](O)C1O[C@@]1(C)OC(CO)[C@H](O)[C@H](O)C1O)C(C)(C)O. The van der Waals surface area contributed by atoms with Crippen molar-refractivity contribution in [2.45, 2.75) is 304 Å². The summed E-state index contributed by atoms with van der Waals surface area (Å²) in [6.07, 6.45) is -25.2. The van der Waals surface area contributed by atoms with Crippen LogP contribution in [0.5, 0.6) is 0 Å². The Balaban J connectivity index is 0.984. The molecule has 28 heteroatoms. The monoisotopic (exact) mass is 1390 g/mol. The third kappa shape index (κ3) is 17.0. The van der Waals surface area contributed by atoms with Crippen LogP contribution in [0.2, 0.25) is 0 Å². The summed E-state index contributed by atoms with van der Waals surface area (Å²) in [7, 11) is 0. The Morgan fingerprint density at radius 3 is 1.61 bits per heavy atom. The molecule has 34 atom stereocenters. The average molecular weight is 1390 g/mol. The van der Waals surface area contributed by atoms with E-state index in [0.29, 0.717) is 25.7 Å². The van der Waals surface area contributed by atoms with Crippen LogP contribution in [0.15, 0.2) is 11.6 Å². The molecular formula is C68H122O28. The lowest BCUT2D eigenvalue weighted by molar-refractivity contribution is -0.402. The molecule has 0 radical (unpaired) electrons. The lowest BCUT2D eigenvalue weighted by atomic mass is 9.56. The van der Waals surface area contributed by atoms with Crippen LogP contribution in [0.25, 0.3) is 0 Å². The third-order valence-electron chi connectivity index (χ3n) is 23.7. The first-order valence-electron chi connectivity index (χ1n) is 34.8. The predicted molar refractivity (Wildman–Crippen MR) is 341 cm³/mol. The van der Waals surface area contributed by atoms with Gasteiger partial charge in [-0.3, -0.25) is 0 Å². The number of ether oxygens (including phenoxy) is 9. The van der Waals surface area contributed by atoms with E-state index in [4.69, 9.17) is 42.6 Å². The molecule has 0 aromatic rings. The molecule has 20 unspecified atom stereocenters. The molecule has 562 valence electrons. The number of hydrogen-bond donors (Lipinski definition) is 19. The largest absolute Gasteiger partial charge is 0.394 e. The molecule has 28 nitrogen and oxygen atoms in total. The molecule has 7 rings (SSSR count). The van der Waals surface area contributed by atoms with Crippen molar-refractivity contribution in [3.63, 3.8) is 0 Å². The summed E-state index contributed by atoms with van der Waals surface area (Å²) in [4.78, 5) is 0. The average Bonchev–Trinajstić information content (AvgIpc) is 0.782. The number of allylic oxidation sites excluding steroid dienone is 1. The lowest BCUT2D eigenvalue weighted by Crippen LogP contribution is -2.72. The summed E-state index contributed by atoms with van der Waals surface area (Å²) >= 11 is 0. The first kappa shape index (κ1) is 81.9. The van der Waals surface area contributed by atoms with Crippen molar-refractivity contribution in [3.05, 3.63) is 11.6 Å². The molecular weight excluding hydrogens is 1260 g/mol. The minimum Gasteiger partial charge on any atom is -0.394 e. The van der Waals surface area contributed by atoms with Gasteiger partial charge in [-0.25, -0.2) is 0 Å². The summed E-state index contributed by atoms with van der Waals surface area (Å²) in [5.74, 6) is -2.58. The van der Waals surface area contributed by atoms with Gasteiger partial charge in [0, 0.05) is 16.7 Å². The van der Waals surface area contributed by atoms with Gasteiger partial charge in [0.25, 0.3) is 0 Å². The zero-order chi connectivity index (χ0) is 71.9. The van der Waals surface area contributed by atoms with E-state index in [1.54, 1.807) is 20.8 Å². The van der Waals surface area contributed by atoms with Gasteiger partial charge >= 0.3 is 0 Å². The summed E-state index contributed by atoms with van der Waals surface area (Å²) < 4.78 is 55.5. The Morgan fingerprint density at radius 1 is 0.583 bits per heavy atom. The number of aliphatic hydroxyl groups is 19. The van der Waals surface area contributed by atoms with Gasteiger partial charge in [0.2, 0.25) is 0 Å². The maximum atomic E-state index is 12.5. The highest BCUT2D eigenvalue weighted by Crippen LogP contribution is 2.55. The smallest absolute Gasteiger partial charge is 0.195 e. The second-order valence-corrected chi connectivity index (χ2v) is 32.0. The van der Waals surface area contributed by atoms with Gasteiger partial charge in [-0.05, 0) is 122 Å². The summed E-state index contributed by atoms with van der Waals surface area (Å²) in [6.45, 7) is 19.6. The zero-order valence-electron chi connectivity index (χ0n) is 58.5. The van der Waals surface area contributed by atoms with Crippen LogP contribution in [0.4, 0.5) is 0 Å². The van der Waals surface area contributed by atoms with Gasteiger partial charge in [0.05, 0.1) is 95.6 Å². The van der Waals surface area contributed by atoms with Gasteiger partial charge in [-0.1, -0.05) is 66.5 Å². The first-order valence-corrected chi connectivity index (χ1v) is 34.8. The topological polar surface area (TPSA) is 467 Å². The van der Waals surface area contributed by atoms with Crippen LogP contribution >= 0.6 is 0 Å². The maximum absolute atomic E-state index is 12.5. The Labute approximate surface area is 565 Å². The van der Waals surface area contributed by atoms with Crippen molar-refractivity contribution >= 4 is 0 Å². The van der Waals surface area contributed by atoms with E-state index in [1.165, 1.54) is 33.3 Å². The van der Waals surface area contributed by atoms with Crippen LogP contribution in [-0.2, 0) is 42.6 Å². The van der Waals surface area contributed by atoms with E-state index < -0.39 is 213 Å². The summed E-state index contributed by atoms with van der Waals surface area (Å²) in [5, 5.41) is 208.